The second-order valence-electron chi connectivity index (χ2n) is 4.67. The molecule has 1 atom stereocenters. The number of pyridine rings is 1. The fourth-order valence-electron chi connectivity index (χ4n) is 2.72. The Kier molecular flexibility index (Phi) is 2.82. The van der Waals surface area contributed by atoms with Gasteiger partial charge in [-0.15, -0.1) is 0 Å². The molecule has 19 heavy (non-hydrogen) atoms. The zero-order chi connectivity index (χ0) is 13.6. The van der Waals surface area contributed by atoms with E-state index < -0.39 is 5.97 Å². The molecule has 2 aliphatic rings. The summed E-state index contributed by atoms with van der Waals surface area (Å²) < 4.78 is 0. The van der Waals surface area contributed by atoms with Gasteiger partial charge in [-0.2, -0.15) is 0 Å². The van der Waals surface area contributed by atoms with Gasteiger partial charge < -0.3 is 10.0 Å². The molecule has 100 valence electrons. The molecular formula is C12H12ClN3O3. The molecule has 3 rings (SSSR count). The fraction of sp³-hybridized carbons (Fsp3) is 0.417. The average Bonchev–Trinajstić information content (AvgIpc) is 2.83. The van der Waals surface area contributed by atoms with Crippen molar-refractivity contribution in [3.63, 3.8) is 0 Å². The van der Waals surface area contributed by atoms with E-state index in [4.69, 9.17) is 16.7 Å². The van der Waals surface area contributed by atoms with E-state index in [1.807, 2.05) is 4.90 Å². The van der Waals surface area contributed by atoms with Crippen LogP contribution >= 0.6 is 11.6 Å². The Morgan fingerprint density at radius 1 is 1.58 bits per heavy atom. The third-order valence-corrected chi connectivity index (χ3v) is 3.68. The van der Waals surface area contributed by atoms with E-state index in [1.54, 1.807) is 6.07 Å². The predicted molar refractivity (Wildman–Crippen MR) is 69.6 cm³/mol. The van der Waals surface area contributed by atoms with Gasteiger partial charge in [-0.1, -0.05) is 11.6 Å². The largest absolute Gasteiger partial charge is 0.480 e. The van der Waals surface area contributed by atoms with Crippen LogP contribution in [0.3, 0.4) is 0 Å². The number of carboxylic acid groups (broad SMARTS) is 1. The van der Waals surface area contributed by atoms with Crippen molar-refractivity contribution in [1.29, 1.82) is 0 Å². The molecule has 1 unspecified atom stereocenters. The Morgan fingerprint density at radius 2 is 2.37 bits per heavy atom. The van der Waals surface area contributed by atoms with Crippen molar-refractivity contribution >= 4 is 35.0 Å². The molecule has 1 saturated heterocycles. The van der Waals surface area contributed by atoms with Crippen molar-refractivity contribution < 1.29 is 14.7 Å². The quantitative estimate of drug-likeness (QED) is 0.880. The highest BCUT2D eigenvalue weighted by molar-refractivity contribution is 6.31. The van der Waals surface area contributed by atoms with Gasteiger partial charge in [0.05, 0.1) is 10.7 Å². The van der Waals surface area contributed by atoms with Gasteiger partial charge in [0.15, 0.2) is 5.82 Å². The molecule has 7 heteroatoms. The molecule has 6 nitrogen and oxygen atoms in total. The van der Waals surface area contributed by atoms with Crippen LogP contribution in [-0.2, 0) is 9.59 Å². The monoisotopic (exact) mass is 281 g/mol. The third-order valence-electron chi connectivity index (χ3n) is 3.47. The Bertz CT molecular complexity index is 563. The van der Waals surface area contributed by atoms with Crippen LogP contribution in [0.5, 0.6) is 0 Å². The zero-order valence-electron chi connectivity index (χ0n) is 10.0. The van der Waals surface area contributed by atoms with Crippen molar-refractivity contribution in [3.05, 3.63) is 17.3 Å². The van der Waals surface area contributed by atoms with Crippen LogP contribution in [0.2, 0.25) is 5.02 Å². The Morgan fingerprint density at radius 3 is 3.11 bits per heavy atom. The normalized spacial score (nSPS) is 21.3. The number of fused-ring (bicyclic) bond motifs is 3. The summed E-state index contributed by atoms with van der Waals surface area (Å²) >= 11 is 5.90. The number of anilines is 2. The Balaban J connectivity index is 2.11. The molecule has 1 aromatic heterocycles. The van der Waals surface area contributed by atoms with Crippen molar-refractivity contribution in [2.75, 3.05) is 22.9 Å². The number of hydrogen-bond donors (Lipinski definition) is 1. The fourth-order valence-corrected chi connectivity index (χ4v) is 2.87. The number of carboxylic acids is 1. The van der Waals surface area contributed by atoms with Gasteiger partial charge in [0.2, 0.25) is 5.91 Å². The summed E-state index contributed by atoms with van der Waals surface area (Å²) in [6, 6.07) is 1.31. The van der Waals surface area contributed by atoms with E-state index in [0.717, 1.165) is 19.4 Å². The van der Waals surface area contributed by atoms with Crippen molar-refractivity contribution in [2.24, 2.45) is 0 Å². The lowest BCUT2D eigenvalue weighted by molar-refractivity contribution is -0.136. The van der Waals surface area contributed by atoms with Crippen LogP contribution in [0.1, 0.15) is 12.8 Å². The molecular weight excluding hydrogens is 270 g/mol. The highest BCUT2D eigenvalue weighted by Gasteiger charge is 2.42. The van der Waals surface area contributed by atoms with Crippen molar-refractivity contribution in [1.82, 2.24) is 4.98 Å². The molecule has 3 heterocycles. The second kappa shape index (κ2) is 4.38. The van der Waals surface area contributed by atoms with E-state index in [-0.39, 0.29) is 18.5 Å². The van der Waals surface area contributed by atoms with Gasteiger partial charge in [-0.25, -0.2) is 4.98 Å². The second-order valence-corrected chi connectivity index (χ2v) is 5.10. The number of nitrogens with zero attached hydrogens (tertiary/aromatic N) is 3. The van der Waals surface area contributed by atoms with Crippen LogP contribution in [0.15, 0.2) is 12.3 Å². The molecule has 0 saturated carbocycles. The maximum Gasteiger partial charge on any atom is 0.323 e. The number of aliphatic carboxylic acids is 1. The average molecular weight is 282 g/mol. The van der Waals surface area contributed by atoms with Crippen LogP contribution in [0, 0.1) is 0 Å². The maximum atomic E-state index is 12.4. The van der Waals surface area contributed by atoms with E-state index in [9.17, 15) is 9.59 Å². The summed E-state index contributed by atoms with van der Waals surface area (Å²) in [6.07, 6.45) is 3.16. The van der Waals surface area contributed by atoms with E-state index in [1.165, 1.54) is 11.1 Å². The summed E-state index contributed by atoms with van der Waals surface area (Å²) in [5, 5.41) is 9.35. The Hall–Kier alpha value is -1.82. The maximum absolute atomic E-state index is 12.4. The zero-order valence-corrected chi connectivity index (χ0v) is 10.8. The topological polar surface area (TPSA) is 73.7 Å². The number of carbonyl (C=O) groups is 2. The number of hydrogen-bond acceptors (Lipinski definition) is 4. The van der Waals surface area contributed by atoms with Gasteiger partial charge in [0.1, 0.15) is 12.6 Å². The minimum absolute atomic E-state index is 0.184. The van der Waals surface area contributed by atoms with Gasteiger partial charge >= 0.3 is 5.97 Å². The molecule has 0 aromatic carbocycles. The highest BCUT2D eigenvalue weighted by atomic mass is 35.5. The highest BCUT2D eigenvalue weighted by Crippen LogP contribution is 2.39. The van der Waals surface area contributed by atoms with E-state index >= 15 is 0 Å². The first-order chi connectivity index (χ1) is 9.08. The van der Waals surface area contributed by atoms with Crippen LogP contribution in [-0.4, -0.2) is 41.1 Å². The molecule has 0 aliphatic carbocycles. The van der Waals surface area contributed by atoms with E-state index in [0.29, 0.717) is 16.5 Å². The summed E-state index contributed by atoms with van der Waals surface area (Å²) in [7, 11) is 0. The third kappa shape index (κ3) is 1.92. The first kappa shape index (κ1) is 12.2. The lowest BCUT2D eigenvalue weighted by atomic mass is 10.1. The SMILES string of the molecule is O=C(O)CN1C(=O)C2CCCN2c2ncc(Cl)cc21. The minimum Gasteiger partial charge on any atom is -0.480 e. The molecule has 0 radical (unpaired) electrons. The molecule has 0 bridgehead atoms. The smallest absolute Gasteiger partial charge is 0.323 e. The molecule has 2 aliphatic heterocycles. The van der Waals surface area contributed by atoms with E-state index in [2.05, 4.69) is 4.98 Å². The van der Waals surface area contributed by atoms with Gasteiger partial charge in [-0.3, -0.25) is 14.5 Å². The molecule has 1 aromatic rings. The predicted octanol–water partition coefficient (Wildman–Crippen LogP) is 1.14. The van der Waals surface area contributed by atoms with Gasteiger partial charge in [-0.05, 0) is 18.9 Å². The van der Waals surface area contributed by atoms with Crippen LogP contribution < -0.4 is 9.80 Å². The number of rotatable bonds is 2. The number of amides is 1. The van der Waals surface area contributed by atoms with Crippen molar-refractivity contribution in [3.8, 4) is 0 Å². The number of aromatic nitrogens is 1. The Labute approximate surface area is 114 Å². The standard InChI is InChI=1S/C12H12ClN3O3/c13-7-4-9-11(14-5-7)15-3-1-2-8(15)12(19)16(9)6-10(17)18/h4-5,8H,1-3,6H2,(H,17,18). The summed E-state index contributed by atoms with van der Waals surface area (Å²) in [4.78, 5) is 30.8. The van der Waals surface area contributed by atoms with Gasteiger partial charge in [0.25, 0.3) is 0 Å². The molecule has 1 N–H and O–H groups in total. The molecule has 1 amide bonds. The summed E-state index contributed by atoms with van der Waals surface area (Å²) in [5.74, 6) is -0.588. The molecule has 0 spiro atoms. The number of carbonyl (C=O) groups excluding carboxylic acids is 1. The van der Waals surface area contributed by atoms with Crippen molar-refractivity contribution in [2.45, 2.75) is 18.9 Å². The van der Waals surface area contributed by atoms with Crippen LogP contribution in [0.25, 0.3) is 0 Å². The summed E-state index contributed by atoms with van der Waals surface area (Å²) in [6.45, 7) is 0.400. The van der Waals surface area contributed by atoms with Crippen LogP contribution in [0.4, 0.5) is 11.5 Å². The summed E-state index contributed by atoms with van der Waals surface area (Å²) in [5.41, 5.74) is 0.484. The first-order valence-electron chi connectivity index (χ1n) is 6.03. The minimum atomic E-state index is -1.05. The number of halogens is 1. The lowest BCUT2D eigenvalue weighted by Gasteiger charge is -2.37. The van der Waals surface area contributed by atoms with Gasteiger partial charge in [0, 0.05) is 12.7 Å². The first-order valence-corrected chi connectivity index (χ1v) is 6.41. The lowest BCUT2D eigenvalue weighted by Crippen LogP contribution is -2.52. The molecule has 1 fully saturated rings.